The van der Waals surface area contributed by atoms with E-state index in [2.05, 4.69) is 0 Å². The molecule has 0 atom stereocenters. The molecule has 4 nitrogen and oxygen atoms in total. The van der Waals surface area contributed by atoms with Gasteiger partial charge in [0.15, 0.2) is 0 Å². The second-order valence-electron chi connectivity index (χ2n) is 0.513. The van der Waals surface area contributed by atoms with Crippen LogP contribution in [0.1, 0.15) is 2.85 Å². The van der Waals surface area contributed by atoms with Gasteiger partial charge in [-0.05, 0) is 0 Å². The van der Waals surface area contributed by atoms with Crippen LogP contribution in [0.2, 0.25) is 0 Å². The number of hydrogen-bond donors (Lipinski definition) is 3. The van der Waals surface area contributed by atoms with E-state index in [1.807, 2.05) is 0 Å². The van der Waals surface area contributed by atoms with Gasteiger partial charge >= 0.3 is 56.7 Å². The van der Waals surface area contributed by atoms with E-state index in [0.717, 1.165) is 0 Å². The van der Waals surface area contributed by atoms with Gasteiger partial charge < -0.3 is 17.5 Å². The van der Waals surface area contributed by atoms with Crippen molar-refractivity contribution in [2.45, 2.75) is 0 Å². The van der Waals surface area contributed by atoms with Crippen LogP contribution in [0.3, 0.4) is 0 Å². The Kier molecular flexibility index (Phi) is 15.1. The van der Waals surface area contributed by atoms with Crippen molar-refractivity contribution < 1.29 is 44.5 Å². The number of phosphoric acid groups is 1. The molecule has 0 unspecified atom stereocenters. The van der Waals surface area contributed by atoms with Crippen molar-refractivity contribution in [2.75, 3.05) is 0 Å². The summed E-state index contributed by atoms with van der Waals surface area (Å²) >= 11 is 0. The summed E-state index contributed by atoms with van der Waals surface area (Å²) in [5, 5.41) is 0. The second-order valence-corrected chi connectivity index (χ2v) is 1.54. The normalized spacial score (nSPS) is 8.43. The third kappa shape index (κ3) is 59.2. The van der Waals surface area contributed by atoms with Gasteiger partial charge in [-0.25, -0.2) is 4.57 Å². The molecule has 0 aromatic carbocycles. The van der Waals surface area contributed by atoms with Gasteiger partial charge in [-0.15, -0.1) is 0 Å². The first-order valence-corrected chi connectivity index (χ1v) is 2.35. The minimum atomic E-state index is -4.64. The molecule has 0 bridgehead atoms. The van der Waals surface area contributed by atoms with Crippen LogP contribution in [0.4, 0.5) is 0 Å². The Morgan fingerprint density at radius 2 is 1.29 bits per heavy atom. The molecule has 0 saturated carbocycles. The molecule has 0 aliphatic carbocycles. The molecule has 7 heteroatoms. The zero-order chi connectivity index (χ0) is 4.50. The van der Waals surface area contributed by atoms with Crippen molar-refractivity contribution in [3.63, 3.8) is 0 Å². The van der Waals surface area contributed by atoms with Gasteiger partial charge in [0, 0.05) is 22.4 Å². The topological polar surface area (TPSA) is 77.8 Å². The second kappa shape index (κ2) is 6.54. The Labute approximate surface area is 99.5 Å². The monoisotopic (exact) mass is 331 g/mol. The van der Waals surface area contributed by atoms with E-state index in [-0.39, 0.29) is 74.1 Å². The summed E-state index contributed by atoms with van der Waals surface area (Å²) in [6.07, 6.45) is 0. The molecule has 0 saturated heterocycles. The Hall–Kier alpha value is 2.42. The first kappa shape index (κ1) is 16.2. The Morgan fingerprint density at radius 1 is 1.29 bits per heavy atom. The molecule has 0 aromatic rings. The van der Waals surface area contributed by atoms with Crippen molar-refractivity contribution in [2.24, 2.45) is 0 Å². The van der Waals surface area contributed by atoms with Gasteiger partial charge in [-0.2, -0.15) is 0 Å². The van der Waals surface area contributed by atoms with Crippen molar-refractivity contribution in [3.05, 3.63) is 0 Å². The van der Waals surface area contributed by atoms with E-state index in [1.54, 1.807) is 0 Å². The summed E-state index contributed by atoms with van der Waals surface area (Å²) in [6, 6.07) is 0. The maximum absolute atomic E-state index is 8.88. The molecule has 1 radical (unpaired) electrons. The average Bonchev–Trinajstić information content (AvgIpc) is 0.722. The SMILES string of the molecule is O=P(O)(O)O.[Ba+2].[H-].[H-].[Nb]. The Morgan fingerprint density at radius 3 is 1.29 bits per heavy atom. The summed E-state index contributed by atoms with van der Waals surface area (Å²) < 4.78 is 8.88. The van der Waals surface area contributed by atoms with Crippen LogP contribution in [0, 0.1) is 0 Å². The van der Waals surface area contributed by atoms with Gasteiger partial charge in [0.05, 0.1) is 0 Å². The summed E-state index contributed by atoms with van der Waals surface area (Å²) in [6.45, 7) is 0. The Bertz CT molecular complexity index is 64.7. The zero-order valence-corrected chi connectivity index (χ0v) is 10.9. The summed E-state index contributed by atoms with van der Waals surface area (Å²) in [4.78, 5) is 21.6. The molecular formula is H5BaNbO4P. The van der Waals surface area contributed by atoms with Crippen LogP contribution in [0.15, 0.2) is 0 Å². The molecular weight excluding hydrogens is 325 g/mol. The van der Waals surface area contributed by atoms with Crippen LogP contribution >= 0.6 is 7.82 Å². The predicted molar refractivity (Wildman–Crippen MR) is 22.2 cm³/mol. The van der Waals surface area contributed by atoms with Crippen LogP contribution in [0.5, 0.6) is 0 Å². The van der Waals surface area contributed by atoms with E-state index < -0.39 is 7.82 Å². The first-order valence-electron chi connectivity index (χ1n) is 0.783. The predicted octanol–water partition coefficient (Wildman–Crippen LogP) is -1.09. The van der Waals surface area contributed by atoms with Gasteiger partial charge in [0.25, 0.3) is 0 Å². The number of hydrogen-bond acceptors (Lipinski definition) is 1. The molecule has 0 fully saturated rings. The van der Waals surface area contributed by atoms with Crippen molar-refractivity contribution in [3.8, 4) is 0 Å². The van der Waals surface area contributed by atoms with E-state index in [1.165, 1.54) is 0 Å². The molecule has 3 N–H and O–H groups in total. The fraction of sp³-hybridized carbons (Fsp3) is 0. The van der Waals surface area contributed by atoms with Crippen molar-refractivity contribution >= 4 is 56.7 Å². The molecule has 0 heterocycles. The Balaban J connectivity index is -0.0000000133. The van der Waals surface area contributed by atoms with E-state index in [4.69, 9.17) is 19.2 Å². The molecule has 0 aromatic heterocycles. The van der Waals surface area contributed by atoms with Crippen LogP contribution in [-0.2, 0) is 26.9 Å². The molecule has 41 valence electrons. The smallest absolute Gasteiger partial charge is 1.00 e. The summed E-state index contributed by atoms with van der Waals surface area (Å²) in [5.74, 6) is 0. The molecule has 0 rings (SSSR count). The maximum atomic E-state index is 8.88. The van der Waals surface area contributed by atoms with Crippen molar-refractivity contribution in [1.29, 1.82) is 0 Å². The molecule has 0 spiro atoms. The standard InChI is InChI=1S/Ba.Nb.H3O4P.2H/c;;1-5(2,3)4;;/h;;(H3,1,2,3,4);;/q+2;;;2*-1. The largest absolute Gasteiger partial charge is 2.00 e. The van der Waals surface area contributed by atoms with Crippen LogP contribution in [-0.4, -0.2) is 63.6 Å². The van der Waals surface area contributed by atoms with Crippen LogP contribution < -0.4 is 0 Å². The van der Waals surface area contributed by atoms with Gasteiger partial charge in [0.1, 0.15) is 0 Å². The summed E-state index contributed by atoms with van der Waals surface area (Å²) in [7, 11) is -4.64. The van der Waals surface area contributed by atoms with E-state index in [9.17, 15) is 0 Å². The van der Waals surface area contributed by atoms with Crippen molar-refractivity contribution in [1.82, 2.24) is 0 Å². The zero-order valence-electron chi connectivity index (χ0n) is 5.35. The van der Waals surface area contributed by atoms with E-state index in [0.29, 0.717) is 0 Å². The molecule has 0 amide bonds. The fourth-order valence-corrected chi connectivity index (χ4v) is 0. The summed E-state index contributed by atoms with van der Waals surface area (Å²) in [5.41, 5.74) is 0. The quantitative estimate of drug-likeness (QED) is 0.390. The van der Waals surface area contributed by atoms with Gasteiger partial charge in [0.2, 0.25) is 0 Å². The van der Waals surface area contributed by atoms with E-state index >= 15 is 0 Å². The fourth-order valence-electron chi connectivity index (χ4n) is 0. The third-order valence-corrected chi connectivity index (χ3v) is 0. The molecule has 7 heavy (non-hydrogen) atoms. The van der Waals surface area contributed by atoms with Gasteiger partial charge in [-0.1, -0.05) is 0 Å². The third-order valence-electron chi connectivity index (χ3n) is 0. The first-order chi connectivity index (χ1) is 2.00. The van der Waals surface area contributed by atoms with Gasteiger partial charge in [-0.3, -0.25) is 0 Å². The minimum Gasteiger partial charge on any atom is -1.00 e. The molecule has 0 aliphatic heterocycles. The van der Waals surface area contributed by atoms with Crippen LogP contribution in [0.25, 0.3) is 0 Å². The maximum Gasteiger partial charge on any atom is 2.00 e. The molecule has 0 aliphatic rings. The number of rotatable bonds is 0. The minimum absolute atomic E-state index is 0. The average molecular weight is 330 g/mol.